The maximum absolute atomic E-state index is 11.6. The molecule has 5 heteroatoms. The number of hydrazine groups is 1. The minimum atomic E-state index is -0.184. The predicted molar refractivity (Wildman–Crippen MR) is 78.6 cm³/mol. The van der Waals surface area contributed by atoms with Crippen LogP contribution in [0.2, 0.25) is 5.02 Å². The molecule has 0 fully saturated rings. The molecule has 1 rings (SSSR count). The molecule has 1 aromatic carbocycles. The summed E-state index contributed by atoms with van der Waals surface area (Å²) in [5.74, 6) is 4.84. The summed E-state index contributed by atoms with van der Waals surface area (Å²) in [4.78, 5) is 13.7. The van der Waals surface area contributed by atoms with Crippen molar-refractivity contribution in [1.29, 1.82) is 0 Å². The second kappa shape index (κ2) is 6.89. The van der Waals surface area contributed by atoms with E-state index in [1.165, 1.54) is 0 Å². The van der Waals surface area contributed by atoms with Gasteiger partial charge in [-0.25, -0.2) is 5.84 Å². The van der Waals surface area contributed by atoms with Crippen LogP contribution in [-0.4, -0.2) is 23.9 Å². The van der Waals surface area contributed by atoms with E-state index in [2.05, 4.69) is 17.2 Å². The first kappa shape index (κ1) is 16.0. The highest BCUT2D eigenvalue weighted by Crippen LogP contribution is 2.25. The Labute approximate surface area is 119 Å². The molecule has 0 radical (unpaired) electrons. The molecule has 3 N–H and O–H groups in total. The molecule has 0 saturated carbocycles. The quantitative estimate of drug-likeness (QED) is 0.495. The number of amides is 1. The summed E-state index contributed by atoms with van der Waals surface area (Å²) in [7, 11) is 2.00. The summed E-state index contributed by atoms with van der Waals surface area (Å²) in [5.41, 5.74) is 3.33. The van der Waals surface area contributed by atoms with E-state index in [9.17, 15) is 4.79 Å². The van der Waals surface area contributed by atoms with Crippen molar-refractivity contribution in [3.63, 3.8) is 0 Å². The van der Waals surface area contributed by atoms with Gasteiger partial charge < -0.3 is 0 Å². The molecule has 4 nitrogen and oxygen atoms in total. The van der Waals surface area contributed by atoms with Gasteiger partial charge in [0.25, 0.3) is 0 Å². The van der Waals surface area contributed by atoms with Gasteiger partial charge in [0.15, 0.2) is 0 Å². The van der Waals surface area contributed by atoms with Crippen LogP contribution in [-0.2, 0) is 4.79 Å². The topological polar surface area (TPSA) is 58.4 Å². The third kappa shape index (κ3) is 3.93. The summed E-state index contributed by atoms with van der Waals surface area (Å²) in [6, 6.07) is 8.00. The van der Waals surface area contributed by atoms with Crippen LogP contribution in [0, 0.1) is 5.92 Å². The van der Waals surface area contributed by atoms with Gasteiger partial charge in [0, 0.05) is 17.1 Å². The van der Waals surface area contributed by atoms with E-state index in [0.717, 1.165) is 10.6 Å². The zero-order chi connectivity index (χ0) is 14.6. The van der Waals surface area contributed by atoms with Crippen LogP contribution in [0.5, 0.6) is 0 Å². The number of rotatable bonds is 5. The molecule has 0 bridgehead atoms. The van der Waals surface area contributed by atoms with Gasteiger partial charge in [-0.15, -0.1) is 0 Å². The van der Waals surface area contributed by atoms with E-state index >= 15 is 0 Å². The Hall–Kier alpha value is -1.10. The number of hydrogen-bond donors (Lipinski definition) is 2. The summed E-state index contributed by atoms with van der Waals surface area (Å²) < 4.78 is 0. The summed E-state index contributed by atoms with van der Waals surface area (Å²) >= 11 is 6.01. The minimum Gasteiger partial charge on any atom is -0.296 e. The van der Waals surface area contributed by atoms with Gasteiger partial charge in [-0.2, -0.15) is 0 Å². The first-order chi connectivity index (χ1) is 8.88. The number of nitrogens with two attached hydrogens (primary N) is 1. The predicted octanol–water partition coefficient (Wildman–Crippen LogP) is 2.35. The van der Waals surface area contributed by atoms with E-state index in [-0.39, 0.29) is 23.9 Å². The lowest BCUT2D eigenvalue weighted by atomic mass is 9.98. The third-order valence-corrected chi connectivity index (χ3v) is 4.10. The fourth-order valence-corrected chi connectivity index (χ4v) is 2.26. The second-order valence-electron chi connectivity index (χ2n) is 4.93. The number of carbonyl (C=O) groups excluding carboxylic acids is 1. The van der Waals surface area contributed by atoms with E-state index in [4.69, 9.17) is 17.4 Å². The van der Waals surface area contributed by atoms with Crippen LogP contribution in [0.3, 0.4) is 0 Å². The number of carbonyl (C=O) groups is 1. The molecule has 0 saturated heterocycles. The standard InChI is InChI=1S/C14H22ClN3O/c1-9(14(19)17-16)10(2)18(4)11(3)12-6-5-7-13(15)8-12/h5-11H,16H2,1-4H3,(H,17,19). The molecule has 106 valence electrons. The van der Waals surface area contributed by atoms with Gasteiger partial charge in [0.2, 0.25) is 5.91 Å². The highest BCUT2D eigenvalue weighted by Gasteiger charge is 2.26. The average molecular weight is 284 g/mol. The molecule has 0 heterocycles. The van der Waals surface area contributed by atoms with Crippen molar-refractivity contribution in [2.75, 3.05) is 7.05 Å². The lowest BCUT2D eigenvalue weighted by molar-refractivity contribution is -0.126. The Balaban J connectivity index is 2.81. The van der Waals surface area contributed by atoms with Crippen molar-refractivity contribution in [2.24, 2.45) is 11.8 Å². The lowest BCUT2D eigenvalue weighted by Crippen LogP contribution is -2.45. The maximum atomic E-state index is 11.6. The first-order valence-corrected chi connectivity index (χ1v) is 6.74. The average Bonchev–Trinajstić information content (AvgIpc) is 2.43. The lowest BCUT2D eigenvalue weighted by Gasteiger charge is -2.34. The molecule has 0 aliphatic heterocycles. The highest BCUT2D eigenvalue weighted by molar-refractivity contribution is 6.30. The van der Waals surface area contributed by atoms with Crippen LogP contribution < -0.4 is 11.3 Å². The van der Waals surface area contributed by atoms with Gasteiger partial charge >= 0.3 is 0 Å². The molecular formula is C14H22ClN3O. The number of hydrogen-bond acceptors (Lipinski definition) is 3. The first-order valence-electron chi connectivity index (χ1n) is 6.36. The molecule has 0 aliphatic carbocycles. The summed E-state index contributed by atoms with van der Waals surface area (Å²) in [5, 5.41) is 0.721. The van der Waals surface area contributed by atoms with Crippen molar-refractivity contribution in [3.05, 3.63) is 34.9 Å². The largest absolute Gasteiger partial charge is 0.296 e. The van der Waals surface area contributed by atoms with Gasteiger partial charge in [0.05, 0.1) is 5.92 Å². The molecule has 3 unspecified atom stereocenters. The minimum absolute atomic E-state index is 0.0672. The molecular weight excluding hydrogens is 262 g/mol. The molecule has 3 atom stereocenters. The maximum Gasteiger partial charge on any atom is 0.238 e. The zero-order valence-corrected chi connectivity index (χ0v) is 12.6. The van der Waals surface area contributed by atoms with E-state index in [1.807, 2.05) is 45.2 Å². The van der Waals surface area contributed by atoms with Crippen LogP contribution in [0.4, 0.5) is 0 Å². The Morgan fingerprint density at radius 2 is 2.00 bits per heavy atom. The molecule has 0 aliphatic rings. The Morgan fingerprint density at radius 1 is 1.37 bits per heavy atom. The van der Waals surface area contributed by atoms with Gasteiger partial charge in [-0.3, -0.25) is 15.1 Å². The third-order valence-electron chi connectivity index (χ3n) is 3.86. The molecule has 19 heavy (non-hydrogen) atoms. The van der Waals surface area contributed by atoms with E-state index in [0.29, 0.717) is 0 Å². The van der Waals surface area contributed by atoms with Crippen molar-refractivity contribution in [1.82, 2.24) is 10.3 Å². The molecule has 0 spiro atoms. The molecule has 1 amide bonds. The summed E-state index contributed by atoms with van der Waals surface area (Å²) in [6.07, 6.45) is 0. The number of nitrogens with zero attached hydrogens (tertiary/aromatic N) is 1. The van der Waals surface area contributed by atoms with Crippen LogP contribution in [0.25, 0.3) is 0 Å². The van der Waals surface area contributed by atoms with Crippen LogP contribution in [0.1, 0.15) is 32.4 Å². The van der Waals surface area contributed by atoms with Gasteiger partial charge in [-0.1, -0.05) is 30.7 Å². The second-order valence-corrected chi connectivity index (χ2v) is 5.37. The van der Waals surface area contributed by atoms with Crippen molar-refractivity contribution in [3.8, 4) is 0 Å². The van der Waals surface area contributed by atoms with Crippen molar-refractivity contribution in [2.45, 2.75) is 32.9 Å². The van der Waals surface area contributed by atoms with E-state index in [1.54, 1.807) is 0 Å². The van der Waals surface area contributed by atoms with Crippen LogP contribution in [0.15, 0.2) is 24.3 Å². The molecule has 1 aromatic rings. The smallest absolute Gasteiger partial charge is 0.238 e. The SMILES string of the molecule is CC(C(=O)NN)C(C)N(C)C(C)c1cccc(Cl)c1. The monoisotopic (exact) mass is 283 g/mol. The fourth-order valence-electron chi connectivity index (χ4n) is 2.06. The van der Waals surface area contributed by atoms with Crippen LogP contribution >= 0.6 is 11.6 Å². The Kier molecular flexibility index (Phi) is 5.79. The van der Waals surface area contributed by atoms with Gasteiger partial charge in [-0.05, 0) is 38.6 Å². The number of benzene rings is 1. The number of nitrogens with one attached hydrogen (secondary N) is 1. The summed E-state index contributed by atoms with van der Waals surface area (Å²) in [6.45, 7) is 5.98. The molecule has 0 aromatic heterocycles. The van der Waals surface area contributed by atoms with Crippen molar-refractivity contribution >= 4 is 17.5 Å². The van der Waals surface area contributed by atoms with E-state index < -0.39 is 0 Å². The number of halogens is 1. The normalized spacial score (nSPS) is 15.9. The highest BCUT2D eigenvalue weighted by atomic mass is 35.5. The zero-order valence-electron chi connectivity index (χ0n) is 11.9. The Morgan fingerprint density at radius 3 is 2.53 bits per heavy atom. The van der Waals surface area contributed by atoms with Crippen molar-refractivity contribution < 1.29 is 4.79 Å². The fraction of sp³-hybridized carbons (Fsp3) is 0.500. The Bertz CT molecular complexity index is 438. The van der Waals surface area contributed by atoms with Gasteiger partial charge in [0.1, 0.15) is 0 Å².